The molecule has 0 aliphatic rings. The molecule has 0 fully saturated rings. The van der Waals surface area contributed by atoms with Crippen molar-refractivity contribution in [3.8, 4) is 0 Å². The number of carbonyl (C=O) groups is 2. The Hall–Kier alpha value is -2.14. The third-order valence-corrected chi connectivity index (χ3v) is 3.73. The van der Waals surface area contributed by atoms with E-state index < -0.39 is 18.1 Å². The largest absolute Gasteiger partial charge is 0.456 e. The molecule has 0 bridgehead atoms. The van der Waals surface area contributed by atoms with Gasteiger partial charge in [0, 0.05) is 7.05 Å². The number of esters is 1. The zero-order valence-corrected chi connectivity index (χ0v) is 14.2. The third-order valence-electron chi connectivity index (χ3n) is 3.73. The van der Waals surface area contributed by atoms with Crippen LogP contribution in [-0.4, -0.2) is 38.1 Å². The van der Waals surface area contributed by atoms with Gasteiger partial charge >= 0.3 is 5.97 Å². The first-order chi connectivity index (χ1) is 11.0. The number of amides is 1. The van der Waals surface area contributed by atoms with E-state index in [1.54, 1.807) is 38.4 Å². The van der Waals surface area contributed by atoms with Gasteiger partial charge in [0.1, 0.15) is 12.1 Å². The maximum absolute atomic E-state index is 12.4. The number of hydrogen-bond donors (Lipinski definition) is 2. The minimum atomic E-state index is -0.604. The van der Waals surface area contributed by atoms with Crippen LogP contribution in [0.2, 0.25) is 0 Å². The third kappa shape index (κ3) is 5.53. The summed E-state index contributed by atoms with van der Waals surface area (Å²) >= 11 is 0. The molecule has 23 heavy (non-hydrogen) atoms. The Morgan fingerprint density at radius 1 is 1.22 bits per heavy atom. The first kappa shape index (κ1) is 18.9. The van der Waals surface area contributed by atoms with Crippen LogP contribution in [0.1, 0.15) is 30.6 Å². The molecular weight excluding hydrogens is 292 g/mol. The molecule has 0 spiro atoms. The highest BCUT2D eigenvalue weighted by atomic mass is 16.5. The van der Waals surface area contributed by atoms with Gasteiger partial charge in [-0.1, -0.05) is 37.3 Å². The Morgan fingerprint density at radius 3 is 2.39 bits per heavy atom. The molecule has 1 aromatic carbocycles. The molecule has 1 aromatic rings. The molecule has 0 saturated heterocycles. The van der Waals surface area contributed by atoms with E-state index in [-0.39, 0.29) is 11.8 Å². The second-order valence-electron chi connectivity index (χ2n) is 5.40. The SMILES string of the molecule is C/C=C/C[C@@H](C)[C@@H](OC(=O)c1ccccc1)[C@H](NC)C(=O)NC. The fourth-order valence-corrected chi connectivity index (χ4v) is 2.36. The van der Waals surface area contributed by atoms with Crippen molar-refractivity contribution >= 4 is 11.9 Å². The van der Waals surface area contributed by atoms with Gasteiger partial charge in [0.25, 0.3) is 0 Å². The van der Waals surface area contributed by atoms with Crippen molar-refractivity contribution in [3.05, 3.63) is 48.0 Å². The molecule has 1 amide bonds. The van der Waals surface area contributed by atoms with Gasteiger partial charge in [0.15, 0.2) is 0 Å². The molecule has 0 aliphatic carbocycles. The van der Waals surface area contributed by atoms with Crippen LogP contribution in [-0.2, 0) is 9.53 Å². The highest BCUT2D eigenvalue weighted by Gasteiger charge is 2.33. The van der Waals surface area contributed by atoms with Gasteiger partial charge < -0.3 is 15.4 Å². The van der Waals surface area contributed by atoms with E-state index in [9.17, 15) is 9.59 Å². The van der Waals surface area contributed by atoms with Gasteiger partial charge in [-0.05, 0) is 38.4 Å². The fourth-order valence-electron chi connectivity index (χ4n) is 2.36. The molecule has 5 heteroatoms. The van der Waals surface area contributed by atoms with Crippen LogP contribution in [0, 0.1) is 5.92 Å². The maximum Gasteiger partial charge on any atom is 0.338 e. The quantitative estimate of drug-likeness (QED) is 0.569. The van der Waals surface area contributed by atoms with Gasteiger partial charge in [-0.2, -0.15) is 0 Å². The Balaban J connectivity index is 2.98. The zero-order chi connectivity index (χ0) is 17.2. The molecule has 0 aliphatic heterocycles. The number of ether oxygens (including phenoxy) is 1. The summed E-state index contributed by atoms with van der Waals surface area (Å²) < 4.78 is 5.68. The van der Waals surface area contributed by atoms with E-state index in [0.717, 1.165) is 6.42 Å². The number of carbonyl (C=O) groups excluding carboxylic acids is 2. The van der Waals surface area contributed by atoms with Crippen LogP contribution in [0.15, 0.2) is 42.5 Å². The lowest BCUT2D eigenvalue weighted by Gasteiger charge is -2.30. The summed E-state index contributed by atoms with van der Waals surface area (Å²) in [5, 5.41) is 5.56. The van der Waals surface area contributed by atoms with E-state index in [1.165, 1.54) is 0 Å². The van der Waals surface area contributed by atoms with E-state index in [4.69, 9.17) is 4.74 Å². The Labute approximate surface area is 138 Å². The average Bonchev–Trinajstić information content (AvgIpc) is 2.59. The molecule has 0 heterocycles. The normalized spacial score (nSPS) is 15.0. The van der Waals surface area contributed by atoms with Crippen LogP contribution in [0.4, 0.5) is 0 Å². The van der Waals surface area contributed by atoms with Gasteiger partial charge in [0.2, 0.25) is 5.91 Å². The second-order valence-corrected chi connectivity index (χ2v) is 5.40. The molecule has 0 saturated carbocycles. The van der Waals surface area contributed by atoms with Gasteiger partial charge in [-0.15, -0.1) is 0 Å². The summed E-state index contributed by atoms with van der Waals surface area (Å²) in [6.45, 7) is 3.90. The van der Waals surface area contributed by atoms with Crippen molar-refractivity contribution < 1.29 is 14.3 Å². The number of nitrogens with one attached hydrogen (secondary N) is 2. The van der Waals surface area contributed by atoms with Gasteiger partial charge in [-0.3, -0.25) is 4.79 Å². The minimum absolute atomic E-state index is 0.00591. The lowest BCUT2D eigenvalue weighted by atomic mass is 9.93. The van der Waals surface area contributed by atoms with E-state index in [0.29, 0.717) is 5.56 Å². The van der Waals surface area contributed by atoms with Crippen LogP contribution >= 0.6 is 0 Å². The molecule has 0 unspecified atom stereocenters. The molecule has 1 rings (SSSR count). The van der Waals surface area contributed by atoms with Crippen LogP contribution in [0.3, 0.4) is 0 Å². The number of likely N-dealkylation sites (N-methyl/N-ethyl adjacent to an activating group) is 2. The predicted octanol–water partition coefficient (Wildman–Crippen LogP) is 2.15. The van der Waals surface area contributed by atoms with E-state index in [2.05, 4.69) is 10.6 Å². The van der Waals surface area contributed by atoms with E-state index in [1.807, 2.05) is 32.1 Å². The smallest absolute Gasteiger partial charge is 0.338 e. The van der Waals surface area contributed by atoms with Gasteiger partial charge in [-0.25, -0.2) is 4.79 Å². The minimum Gasteiger partial charge on any atom is -0.456 e. The second kappa shape index (κ2) is 9.79. The topological polar surface area (TPSA) is 67.4 Å². The first-order valence-electron chi connectivity index (χ1n) is 7.81. The molecule has 3 atom stereocenters. The van der Waals surface area contributed by atoms with Crippen LogP contribution < -0.4 is 10.6 Å². The number of allylic oxidation sites excluding steroid dienone is 2. The molecule has 5 nitrogen and oxygen atoms in total. The molecule has 0 radical (unpaired) electrons. The summed E-state index contributed by atoms with van der Waals surface area (Å²) in [7, 11) is 3.25. The van der Waals surface area contributed by atoms with Crippen molar-refractivity contribution in [1.29, 1.82) is 0 Å². The van der Waals surface area contributed by atoms with Crippen LogP contribution in [0.5, 0.6) is 0 Å². The monoisotopic (exact) mass is 318 g/mol. The van der Waals surface area contributed by atoms with Crippen molar-refractivity contribution in [2.75, 3.05) is 14.1 Å². The fraction of sp³-hybridized carbons (Fsp3) is 0.444. The Bertz CT molecular complexity index is 528. The molecule has 0 aromatic heterocycles. The Kier molecular flexibility index (Phi) is 8.05. The molecule has 2 N–H and O–H groups in total. The first-order valence-corrected chi connectivity index (χ1v) is 7.81. The predicted molar refractivity (Wildman–Crippen MR) is 91.2 cm³/mol. The number of benzene rings is 1. The zero-order valence-electron chi connectivity index (χ0n) is 14.2. The van der Waals surface area contributed by atoms with Crippen molar-refractivity contribution in [2.45, 2.75) is 32.4 Å². The molecular formula is C18H26N2O3. The summed E-state index contributed by atoms with van der Waals surface area (Å²) in [6.07, 6.45) is 4.10. The Morgan fingerprint density at radius 2 is 1.87 bits per heavy atom. The lowest BCUT2D eigenvalue weighted by Crippen LogP contribution is -2.53. The van der Waals surface area contributed by atoms with Crippen molar-refractivity contribution in [3.63, 3.8) is 0 Å². The highest BCUT2D eigenvalue weighted by Crippen LogP contribution is 2.19. The number of hydrogen-bond acceptors (Lipinski definition) is 4. The number of rotatable bonds is 8. The highest BCUT2D eigenvalue weighted by molar-refractivity contribution is 5.90. The van der Waals surface area contributed by atoms with Crippen LogP contribution in [0.25, 0.3) is 0 Å². The summed E-state index contributed by atoms with van der Waals surface area (Å²) in [5.41, 5.74) is 0.475. The standard InChI is InChI=1S/C18H26N2O3/c1-5-6-10-13(2)16(15(19-3)17(21)20-4)23-18(22)14-11-8-7-9-12-14/h5-9,11-13,15-16,19H,10H2,1-4H3,(H,20,21)/b6-5+/t13-,15+,16-/m1/s1. The maximum atomic E-state index is 12.4. The molecule has 126 valence electrons. The van der Waals surface area contributed by atoms with E-state index >= 15 is 0 Å². The summed E-state index contributed by atoms with van der Waals surface area (Å²) in [5.74, 6) is -0.633. The van der Waals surface area contributed by atoms with Gasteiger partial charge in [0.05, 0.1) is 5.56 Å². The van der Waals surface area contributed by atoms with Crippen molar-refractivity contribution in [2.24, 2.45) is 5.92 Å². The lowest BCUT2D eigenvalue weighted by molar-refractivity contribution is -0.126. The summed E-state index contributed by atoms with van der Waals surface area (Å²) in [6, 6.07) is 8.19. The average molecular weight is 318 g/mol. The summed E-state index contributed by atoms with van der Waals surface area (Å²) in [4.78, 5) is 24.5. The van der Waals surface area contributed by atoms with Crippen molar-refractivity contribution in [1.82, 2.24) is 10.6 Å².